The van der Waals surface area contributed by atoms with E-state index in [1.54, 1.807) is 38.7 Å². The van der Waals surface area contributed by atoms with Crippen LogP contribution in [0.3, 0.4) is 0 Å². The van der Waals surface area contributed by atoms with E-state index in [0.717, 1.165) is 29.7 Å². The number of rotatable bonds is 5. The van der Waals surface area contributed by atoms with Crippen molar-refractivity contribution >= 4 is 27.9 Å². The van der Waals surface area contributed by atoms with Gasteiger partial charge in [-0.15, -0.1) is 0 Å². The summed E-state index contributed by atoms with van der Waals surface area (Å²) in [5.41, 5.74) is 3.29. The maximum absolute atomic E-state index is 13.0. The second-order valence-corrected chi connectivity index (χ2v) is 13.2. The number of aryl methyl sites for hydroxylation is 1. The molecule has 2 aromatic rings. The molecule has 0 saturated heterocycles. The van der Waals surface area contributed by atoms with Crippen LogP contribution in [-0.2, 0) is 22.6 Å². The van der Waals surface area contributed by atoms with Crippen LogP contribution in [0.25, 0.3) is 0 Å². The van der Waals surface area contributed by atoms with Crippen molar-refractivity contribution in [3.63, 3.8) is 0 Å². The van der Waals surface area contributed by atoms with Gasteiger partial charge in [0.15, 0.2) is 11.5 Å². The molecule has 3 fully saturated rings. The van der Waals surface area contributed by atoms with E-state index in [1.165, 1.54) is 25.9 Å². The molecule has 3 aliphatic carbocycles. The van der Waals surface area contributed by atoms with Crippen molar-refractivity contribution in [2.75, 3.05) is 7.11 Å². The number of carbonyl (C=O) groups excluding carboxylic acids is 2. The minimum atomic E-state index is -0.594. The number of methoxy groups -OCH3 is 1. The molecule has 4 unspecified atom stereocenters. The van der Waals surface area contributed by atoms with Crippen molar-refractivity contribution in [3.05, 3.63) is 44.4 Å². The molecule has 3 saturated carbocycles. The summed E-state index contributed by atoms with van der Waals surface area (Å²) in [6, 6.07) is 5.62. The first-order valence-corrected chi connectivity index (χ1v) is 15.3. The SMILES string of the molecule is CC1CC2CC23CCC13.COc1c(CCC(C)C)ccc2c1C(=O)OCc1c(C)c(C#N)c(Br)c(OC(C)=O)c1O2. The molecular formula is C33H38BrNO6. The van der Waals surface area contributed by atoms with Crippen LogP contribution in [0.15, 0.2) is 16.6 Å². The molecule has 4 aliphatic rings. The number of nitriles is 1. The number of hydrogen-bond acceptors (Lipinski definition) is 7. The van der Waals surface area contributed by atoms with Crippen LogP contribution in [0.2, 0.25) is 0 Å². The number of hydrogen-bond donors (Lipinski definition) is 0. The van der Waals surface area contributed by atoms with Crippen molar-refractivity contribution in [3.8, 4) is 29.1 Å². The first-order chi connectivity index (χ1) is 19.5. The van der Waals surface area contributed by atoms with Gasteiger partial charge in [0.1, 0.15) is 29.7 Å². The Morgan fingerprint density at radius 2 is 2.05 bits per heavy atom. The Bertz CT molecular complexity index is 1440. The fraction of sp³-hybridized carbons (Fsp3) is 0.545. The lowest BCUT2D eigenvalue weighted by Gasteiger charge is -2.37. The number of cyclic esters (lactones) is 1. The van der Waals surface area contributed by atoms with Crippen molar-refractivity contribution in [1.29, 1.82) is 5.26 Å². The normalized spacial score (nSPS) is 24.8. The van der Waals surface area contributed by atoms with E-state index >= 15 is 0 Å². The van der Waals surface area contributed by atoms with E-state index in [4.69, 9.17) is 18.9 Å². The second kappa shape index (κ2) is 11.3. The van der Waals surface area contributed by atoms with Crippen molar-refractivity contribution in [2.45, 2.75) is 79.8 Å². The van der Waals surface area contributed by atoms with E-state index in [9.17, 15) is 14.9 Å². The van der Waals surface area contributed by atoms with Crippen LogP contribution in [0.4, 0.5) is 0 Å². The predicted molar refractivity (Wildman–Crippen MR) is 157 cm³/mol. The van der Waals surface area contributed by atoms with Gasteiger partial charge in [-0.2, -0.15) is 5.26 Å². The van der Waals surface area contributed by atoms with Gasteiger partial charge in [0.25, 0.3) is 0 Å². The summed E-state index contributed by atoms with van der Waals surface area (Å²) in [5, 5.41) is 9.60. The number of fused-ring (bicyclic) bond motifs is 2. The van der Waals surface area contributed by atoms with E-state index in [2.05, 4.69) is 42.8 Å². The summed E-state index contributed by atoms with van der Waals surface area (Å²) in [6.45, 7) is 9.52. The van der Waals surface area contributed by atoms with E-state index in [1.807, 2.05) is 6.07 Å². The highest BCUT2D eigenvalue weighted by molar-refractivity contribution is 9.10. The molecule has 7 nitrogen and oxygen atoms in total. The lowest BCUT2D eigenvalue weighted by molar-refractivity contribution is -0.132. The molecule has 0 radical (unpaired) electrons. The number of nitrogens with zero attached hydrogens (tertiary/aromatic N) is 1. The molecule has 41 heavy (non-hydrogen) atoms. The van der Waals surface area contributed by atoms with Crippen LogP contribution in [-0.4, -0.2) is 19.0 Å². The summed E-state index contributed by atoms with van der Waals surface area (Å²) in [7, 11) is 1.50. The summed E-state index contributed by atoms with van der Waals surface area (Å²) in [4.78, 5) is 24.8. The zero-order chi connectivity index (χ0) is 29.6. The average molecular weight is 625 g/mol. The Hall–Kier alpha value is -3.05. The minimum absolute atomic E-state index is 0.0569. The van der Waals surface area contributed by atoms with Gasteiger partial charge in [-0.25, -0.2) is 4.79 Å². The number of esters is 2. The van der Waals surface area contributed by atoms with Crippen LogP contribution in [0.1, 0.15) is 92.4 Å². The average Bonchev–Trinajstić information content (AvgIpc) is 3.60. The molecule has 0 aromatic heterocycles. The molecule has 1 spiro atoms. The van der Waals surface area contributed by atoms with Crippen molar-refractivity contribution in [1.82, 2.24) is 0 Å². The first kappa shape index (κ1) is 29.4. The highest BCUT2D eigenvalue weighted by Crippen LogP contribution is 2.77. The van der Waals surface area contributed by atoms with Gasteiger partial charge in [0.05, 0.1) is 17.1 Å². The highest BCUT2D eigenvalue weighted by atomic mass is 79.9. The number of halogens is 1. The van der Waals surface area contributed by atoms with Crippen molar-refractivity contribution in [2.24, 2.45) is 29.1 Å². The zero-order valence-corrected chi connectivity index (χ0v) is 26.3. The quantitative estimate of drug-likeness (QED) is 0.245. The Labute approximate surface area is 250 Å². The summed E-state index contributed by atoms with van der Waals surface area (Å²) in [5.74, 6) is 3.66. The molecule has 2 aromatic carbocycles. The lowest BCUT2D eigenvalue weighted by Crippen LogP contribution is -2.28. The Balaban J connectivity index is 0.000000309. The number of benzene rings is 2. The molecule has 1 heterocycles. The molecule has 8 heteroatoms. The molecule has 1 aliphatic heterocycles. The minimum Gasteiger partial charge on any atom is -0.495 e. The second-order valence-electron chi connectivity index (χ2n) is 12.4. The van der Waals surface area contributed by atoms with Gasteiger partial charge in [-0.3, -0.25) is 4.79 Å². The number of ether oxygens (including phenoxy) is 4. The maximum Gasteiger partial charge on any atom is 0.346 e. The Kier molecular flexibility index (Phi) is 8.13. The van der Waals surface area contributed by atoms with Crippen LogP contribution in [0, 0.1) is 47.3 Å². The van der Waals surface area contributed by atoms with E-state index in [-0.39, 0.29) is 35.0 Å². The monoisotopic (exact) mass is 623 g/mol. The summed E-state index contributed by atoms with van der Waals surface area (Å²) < 4.78 is 23.0. The first-order valence-electron chi connectivity index (χ1n) is 14.5. The van der Waals surface area contributed by atoms with E-state index in [0.29, 0.717) is 27.3 Å². The third kappa shape index (κ3) is 5.22. The molecular weight excluding hydrogens is 586 g/mol. The third-order valence-corrected chi connectivity index (χ3v) is 10.3. The smallest absolute Gasteiger partial charge is 0.346 e. The molecule has 0 bridgehead atoms. The molecule has 0 N–H and O–H groups in total. The predicted octanol–water partition coefficient (Wildman–Crippen LogP) is 8.06. The van der Waals surface area contributed by atoms with Gasteiger partial charge < -0.3 is 18.9 Å². The molecule has 6 rings (SSSR count). The fourth-order valence-corrected chi connectivity index (χ4v) is 7.84. The van der Waals surface area contributed by atoms with Crippen LogP contribution in [0.5, 0.6) is 23.0 Å². The van der Waals surface area contributed by atoms with Crippen LogP contribution < -0.4 is 14.2 Å². The maximum atomic E-state index is 13.0. The van der Waals surface area contributed by atoms with Gasteiger partial charge in [0, 0.05) is 12.5 Å². The lowest BCUT2D eigenvalue weighted by atomic mass is 9.68. The molecule has 4 atom stereocenters. The van der Waals surface area contributed by atoms with Crippen molar-refractivity contribution < 1.29 is 28.5 Å². The summed E-state index contributed by atoms with van der Waals surface area (Å²) >= 11 is 3.36. The highest BCUT2D eigenvalue weighted by Gasteiger charge is 2.68. The van der Waals surface area contributed by atoms with Gasteiger partial charge >= 0.3 is 11.9 Å². The third-order valence-electron chi connectivity index (χ3n) is 9.53. The van der Waals surface area contributed by atoms with Crippen LogP contribution >= 0.6 is 15.9 Å². The summed E-state index contributed by atoms with van der Waals surface area (Å²) in [6.07, 6.45) is 8.00. The van der Waals surface area contributed by atoms with Gasteiger partial charge in [0.2, 0.25) is 0 Å². The zero-order valence-electron chi connectivity index (χ0n) is 24.7. The topological polar surface area (TPSA) is 94.9 Å². The fourth-order valence-electron chi connectivity index (χ4n) is 7.19. The Morgan fingerprint density at radius 3 is 2.59 bits per heavy atom. The van der Waals surface area contributed by atoms with Gasteiger partial charge in [-0.1, -0.05) is 26.8 Å². The standard InChI is InChI=1S/C24H24BrNO6.C9H14/c1-12(2)6-7-15-8-9-18-19(21(15)29-5)24(28)30-11-17-13(3)16(10-26)20(25)23(22(17)32-18)31-14(4)27;1-6-4-7-5-9(7)3-2-8(6)9/h8-9,12H,6-7,11H2,1-5H3;6-8H,2-5H2,1H3. The Morgan fingerprint density at radius 1 is 1.29 bits per heavy atom. The largest absolute Gasteiger partial charge is 0.495 e. The van der Waals surface area contributed by atoms with Gasteiger partial charge in [-0.05, 0) is 108 Å². The van der Waals surface area contributed by atoms with E-state index < -0.39 is 11.9 Å². The molecule has 0 amide bonds. The molecule has 218 valence electrons. The number of carbonyl (C=O) groups is 2.